The molecule has 12 nitrogen and oxygen atoms in total. The second kappa shape index (κ2) is 11.6. The Kier molecular flexibility index (Phi) is 8.01. The number of aromatic nitrogens is 4. The SMILES string of the molecule is Cc1ccn(-c2ccc(/C=C/C(=O)O)cc2[C@@H](Oc2cc(N3CCC4(CC3)CNC(C(=O)O)C4)nc(N)n2)C(F)(F)F)n1. The van der Waals surface area contributed by atoms with E-state index in [2.05, 4.69) is 20.4 Å². The van der Waals surface area contributed by atoms with Gasteiger partial charge in [-0.1, -0.05) is 6.07 Å². The number of ether oxygens (including phenoxy) is 1. The van der Waals surface area contributed by atoms with Gasteiger partial charge in [-0.25, -0.2) is 9.48 Å². The molecule has 43 heavy (non-hydrogen) atoms. The third-order valence-electron chi connectivity index (χ3n) is 7.77. The third-order valence-corrected chi connectivity index (χ3v) is 7.77. The van der Waals surface area contributed by atoms with E-state index in [-0.39, 0.29) is 28.2 Å². The minimum atomic E-state index is -4.92. The van der Waals surface area contributed by atoms with Crippen LogP contribution in [0.3, 0.4) is 0 Å². The molecular weight excluding hydrogens is 571 g/mol. The molecule has 5 rings (SSSR count). The number of nitrogens with one attached hydrogen (secondary N) is 1. The lowest BCUT2D eigenvalue weighted by Crippen LogP contribution is -2.41. The van der Waals surface area contributed by atoms with Crippen LogP contribution in [-0.2, 0) is 9.59 Å². The number of benzene rings is 1. The number of aliphatic carboxylic acids is 2. The van der Waals surface area contributed by atoms with Gasteiger partial charge in [-0.05, 0) is 61.4 Å². The van der Waals surface area contributed by atoms with Gasteiger partial charge in [-0.3, -0.25) is 4.79 Å². The van der Waals surface area contributed by atoms with Crippen LogP contribution in [0.4, 0.5) is 24.9 Å². The fraction of sp³-hybridized carbons (Fsp3) is 0.393. The third kappa shape index (κ3) is 6.71. The van der Waals surface area contributed by atoms with Crippen LogP contribution in [0.15, 0.2) is 42.6 Å². The smallest absolute Gasteiger partial charge is 0.429 e. The van der Waals surface area contributed by atoms with Crippen molar-refractivity contribution in [2.75, 3.05) is 30.3 Å². The molecule has 15 heteroatoms. The predicted molar refractivity (Wildman–Crippen MR) is 149 cm³/mol. The Hall–Kier alpha value is -4.66. The van der Waals surface area contributed by atoms with Gasteiger partial charge in [0.05, 0.1) is 11.4 Å². The molecule has 2 aliphatic rings. The number of nitrogens with zero attached hydrogens (tertiary/aromatic N) is 5. The average molecular weight is 602 g/mol. The number of carbonyl (C=O) groups is 2. The zero-order valence-corrected chi connectivity index (χ0v) is 23.1. The Morgan fingerprint density at radius 3 is 2.53 bits per heavy atom. The van der Waals surface area contributed by atoms with Gasteiger partial charge < -0.3 is 30.9 Å². The van der Waals surface area contributed by atoms with E-state index in [1.54, 1.807) is 13.0 Å². The van der Waals surface area contributed by atoms with Crippen molar-refractivity contribution in [2.45, 2.75) is 44.5 Å². The maximum Gasteiger partial charge on any atom is 0.429 e. The van der Waals surface area contributed by atoms with Gasteiger partial charge in [-0.15, -0.1) is 0 Å². The van der Waals surface area contributed by atoms with Gasteiger partial charge >= 0.3 is 18.1 Å². The van der Waals surface area contributed by atoms with Crippen molar-refractivity contribution < 1.29 is 37.7 Å². The van der Waals surface area contributed by atoms with Crippen LogP contribution in [0.2, 0.25) is 0 Å². The second-order valence-electron chi connectivity index (χ2n) is 10.8. The number of alkyl halides is 3. The lowest BCUT2D eigenvalue weighted by molar-refractivity contribution is -0.198. The van der Waals surface area contributed by atoms with E-state index in [9.17, 15) is 27.9 Å². The first kappa shape index (κ1) is 29.8. The molecule has 2 saturated heterocycles. The lowest BCUT2D eigenvalue weighted by atomic mass is 9.76. The predicted octanol–water partition coefficient (Wildman–Crippen LogP) is 3.37. The number of nitrogen functional groups attached to an aromatic ring is 1. The average Bonchev–Trinajstić information content (AvgIpc) is 3.56. The van der Waals surface area contributed by atoms with Gasteiger partial charge in [0.1, 0.15) is 11.9 Å². The van der Waals surface area contributed by atoms with Crippen LogP contribution in [0.1, 0.15) is 42.2 Å². The van der Waals surface area contributed by atoms with Crippen LogP contribution in [-0.4, -0.2) is 73.8 Å². The summed E-state index contributed by atoms with van der Waals surface area (Å²) in [6, 6.07) is 6.40. The first-order chi connectivity index (χ1) is 20.3. The molecule has 2 fully saturated rings. The summed E-state index contributed by atoms with van der Waals surface area (Å²) in [4.78, 5) is 32.4. The molecule has 3 aromatic rings. The molecule has 2 atom stereocenters. The minimum absolute atomic E-state index is 0.0799. The van der Waals surface area contributed by atoms with Crippen LogP contribution >= 0.6 is 0 Å². The van der Waals surface area contributed by atoms with Gasteiger partial charge in [-0.2, -0.15) is 28.2 Å². The van der Waals surface area contributed by atoms with Gasteiger partial charge in [0, 0.05) is 43.5 Å². The molecule has 1 unspecified atom stereocenters. The van der Waals surface area contributed by atoms with E-state index in [1.165, 1.54) is 41.2 Å². The fourth-order valence-electron chi connectivity index (χ4n) is 5.57. The molecule has 0 amide bonds. The van der Waals surface area contributed by atoms with E-state index in [4.69, 9.17) is 15.6 Å². The number of carboxylic acids is 2. The fourth-order valence-corrected chi connectivity index (χ4v) is 5.57. The Morgan fingerprint density at radius 2 is 1.93 bits per heavy atom. The molecule has 2 aliphatic heterocycles. The number of nitrogens with two attached hydrogens (primary N) is 1. The maximum atomic E-state index is 14.7. The summed E-state index contributed by atoms with van der Waals surface area (Å²) in [6.45, 7) is 3.25. The molecule has 2 aromatic heterocycles. The molecule has 1 spiro atoms. The molecule has 0 bridgehead atoms. The molecule has 0 aliphatic carbocycles. The second-order valence-corrected chi connectivity index (χ2v) is 10.8. The number of piperidine rings is 1. The standard InChI is InChI=1S/C28H30F3N7O5/c1-16-6-9-38(36-16)20-4-2-17(3-5-23(39)40)12-18(20)24(28(29,30)31)43-22-13-21(34-26(32)35-22)37-10-7-27(8-11-37)14-19(25(41)42)33-15-27/h2-6,9,12-13,19,24,33H,7-8,10-11,14-15H2,1H3,(H,39,40)(H,41,42)(H2,32,34,35)/b5-3+/t19?,24-/m1/s1. The van der Waals surface area contributed by atoms with Crippen molar-refractivity contribution >= 4 is 29.8 Å². The van der Waals surface area contributed by atoms with Gasteiger partial charge in [0.2, 0.25) is 17.9 Å². The van der Waals surface area contributed by atoms with Crippen molar-refractivity contribution in [3.8, 4) is 11.6 Å². The number of aryl methyl sites for hydroxylation is 1. The normalized spacial score (nSPS) is 19.2. The zero-order chi connectivity index (χ0) is 30.9. The number of anilines is 2. The molecule has 4 heterocycles. The summed E-state index contributed by atoms with van der Waals surface area (Å²) >= 11 is 0. The lowest BCUT2D eigenvalue weighted by Gasteiger charge is -2.39. The van der Waals surface area contributed by atoms with E-state index in [0.717, 1.165) is 6.08 Å². The Morgan fingerprint density at radius 1 is 1.19 bits per heavy atom. The molecule has 1 aromatic carbocycles. The summed E-state index contributed by atoms with van der Waals surface area (Å²) in [5.74, 6) is -2.52. The van der Waals surface area contributed by atoms with Crippen LogP contribution < -0.4 is 20.7 Å². The highest BCUT2D eigenvalue weighted by Crippen LogP contribution is 2.42. The summed E-state index contributed by atoms with van der Waals surface area (Å²) in [7, 11) is 0. The topological polar surface area (TPSA) is 169 Å². The number of rotatable bonds is 8. The van der Waals surface area contributed by atoms with E-state index in [1.807, 2.05) is 4.90 Å². The molecular formula is C28H30F3N7O5. The number of hydrogen-bond acceptors (Lipinski definition) is 9. The van der Waals surface area contributed by atoms with Crippen LogP contribution in [0.5, 0.6) is 5.88 Å². The van der Waals surface area contributed by atoms with Crippen LogP contribution in [0.25, 0.3) is 11.8 Å². The monoisotopic (exact) mass is 601 g/mol. The van der Waals surface area contributed by atoms with E-state index in [0.29, 0.717) is 50.4 Å². The largest absolute Gasteiger partial charge is 0.480 e. The van der Waals surface area contributed by atoms with Crippen molar-refractivity contribution in [1.29, 1.82) is 0 Å². The molecule has 0 radical (unpaired) electrons. The summed E-state index contributed by atoms with van der Waals surface area (Å²) in [5.41, 5.74) is 6.28. The zero-order valence-electron chi connectivity index (χ0n) is 23.1. The van der Waals surface area contributed by atoms with Crippen molar-refractivity contribution in [1.82, 2.24) is 25.1 Å². The number of hydrogen-bond donors (Lipinski definition) is 4. The van der Waals surface area contributed by atoms with Crippen molar-refractivity contribution in [3.05, 3.63) is 59.4 Å². The highest BCUT2D eigenvalue weighted by molar-refractivity contribution is 5.85. The van der Waals surface area contributed by atoms with Crippen molar-refractivity contribution in [2.24, 2.45) is 5.41 Å². The quantitative estimate of drug-likeness (QED) is 0.279. The Labute approximate surface area is 244 Å². The highest BCUT2D eigenvalue weighted by Gasteiger charge is 2.46. The Balaban J connectivity index is 1.45. The van der Waals surface area contributed by atoms with Crippen LogP contribution in [0, 0.1) is 12.3 Å². The number of halogens is 3. The van der Waals surface area contributed by atoms with E-state index >= 15 is 0 Å². The maximum absolute atomic E-state index is 14.7. The first-order valence-electron chi connectivity index (χ1n) is 13.5. The number of carboxylic acid groups (broad SMARTS) is 2. The van der Waals surface area contributed by atoms with Gasteiger partial charge in [0.25, 0.3) is 0 Å². The Bertz CT molecular complexity index is 1550. The van der Waals surface area contributed by atoms with Gasteiger partial charge in [0.15, 0.2) is 0 Å². The highest BCUT2D eigenvalue weighted by atomic mass is 19.4. The minimum Gasteiger partial charge on any atom is -0.480 e. The summed E-state index contributed by atoms with van der Waals surface area (Å²) in [6.07, 6.45) is -2.09. The van der Waals surface area contributed by atoms with Crippen molar-refractivity contribution in [3.63, 3.8) is 0 Å². The summed E-state index contributed by atoms with van der Waals surface area (Å²) in [5, 5.41) is 25.6. The summed E-state index contributed by atoms with van der Waals surface area (Å²) < 4.78 is 50.8. The molecule has 228 valence electrons. The first-order valence-corrected chi connectivity index (χ1v) is 13.5. The van der Waals surface area contributed by atoms with E-state index < -0.39 is 36.1 Å². The molecule has 5 N–H and O–H groups in total. The molecule has 0 saturated carbocycles.